The van der Waals surface area contributed by atoms with E-state index in [-0.39, 0.29) is 21.8 Å². The Morgan fingerprint density at radius 1 is 1.29 bits per heavy atom. The lowest BCUT2D eigenvalue weighted by molar-refractivity contribution is 0.0696. The summed E-state index contributed by atoms with van der Waals surface area (Å²) in [6, 6.07) is 5.59. The molecule has 1 heterocycles. The summed E-state index contributed by atoms with van der Waals surface area (Å²) in [5, 5.41) is 8.85. The molecule has 0 fully saturated rings. The monoisotopic (exact) mass is 310 g/mol. The number of nitrogens with zero attached hydrogens (tertiary/aromatic N) is 1. The van der Waals surface area contributed by atoms with Crippen LogP contribution in [0.25, 0.3) is 0 Å². The molecule has 6 nitrogen and oxygen atoms in total. The van der Waals surface area contributed by atoms with E-state index in [4.69, 9.17) is 5.11 Å². The number of carboxylic acids is 1. The molecule has 2 N–H and O–H groups in total. The highest BCUT2D eigenvalue weighted by atomic mass is 32.2. The third kappa shape index (κ3) is 3.34. The van der Waals surface area contributed by atoms with Crippen molar-refractivity contribution in [2.75, 3.05) is 4.72 Å². The molecule has 0 saturated heterocycles. The molecule has 0 aliphatic heterocycles. The van der Waals surface area contributed by atoms with Crippen molar-refractivity contribution in [3.8, 4) is 0 Å². The van der Waals surface area contributed by atoms with Crippen molar-refractivity contribution < 1.29 is 22.7 Å². The topological polar surface area (TPSA) is 96.4 Å². The predicted molar refractivity (Wildman–Crippen MR) is 73.1 cm³/mol. The van der Waals surface area contributed by atoms with E-state index in [1.54, 1.807) is 0 Å². The van der Waals surface area contributed by atoms with Crippen molar-refractivity contribution in [2.24, 2.45) is 0 Å². The number of halogens is 1. The third-order valence-electron chi connectivity index (χ3n) is 2.67. The van der Waals surface area contributed by atoms with E-state index in [1.807, 2.05) is 0 Å². The molecule has 110 valence electrons. The van der Waals surface area contributed by atoms with E-state index in [2.05, 4.69) is 9.71 Å². The predicted octanol–water partition coefficient (Wildman–Crippen LogP) is 2.03. The number of pyridine rings is 1. The second-order valence-electron chi connectivity index (χ2n) is 4.25. The van der Waals surface area contributed by atoms with Gasteiger partial charge in [0.2, 0.25) is 0 Å². The lowest BCUT2D eigenvalue weighted by atomic mass is 10.2. The summed E-state index contributed by atoms with van der Waals surface area (Å²) in [7, 11) is -3.98. The second-order valence-corrected chi connectivity index (χ2v) is 5.90. The average Bonchev–Trinajstić information content (AvgIpc) is 2.37. The first kappa shape index (κ1) is 14.9. The Hall–Kier alpha value is -2.48. The number of sulfonamides is 1. The molecule has 0 atom stereocenters. The number of aryl methyl sites for hydroxylation is 1. The van der Waals surface area contributed by atoms with E-state index in [1.165, 1.54) is 19.2 Å². The lowest BCUT2D eigenvalue weighted by Crippen LogP contribution is -2.15. The first-order chi connectivity index (χ1) is 9.79. The number of hydrogen-bond acceptors (Lipinski definition) is 4. The Balaban J connectivity index is 2.37. The summed E-state index contributed by atoms with van der Waals surface area (Å²) >= 11 is 0. The van der Waals surface area contributed by atoms with Crippen LogP contribution >= 0.6 is 0 Å². The van der Waals surface area contributed by atoms with Crippen molar-refractivity contribution in [1.82, 2.24) is 4.98 Å². The van der Waals surface area contributed by atoms with Crippen LogP contribution in [-0.4, -0.2) is 24.5 Å². The number of carbonyl (C=O) groups is 1. The van der Waals surface area contributed by atoms with Gasteiger partial charge in [0, 0.05) is 6.20 Å². The van der Waals surface area contributed by atoms with E-state index >= 15 is 0 Å². The Morgan fingerprint density at radius 2 is 2.00 bits per heavy atom. The molecule has 0 radical (unpaired) electrons. The molecule has 21 heavy (non-hydrogen) atoms. The van der Waals surface area contributed by atoms with E-state index in [9.17, 15) is 17.6 Å². The number of anilines is 1. The van der Waals surface area contributed by atoms with Gasteiger partial charge in [0.1, 0.15) is 11.6 Å². The molecule has 0 bridgehead atoms. The molecule has 0 saturated carbocycles. The van der Waals surface area contributed by atoms with Crippen LogP contribution in [0.5, 0.6) is 0 Å². The smallest absolute Gasteiger partial charge is 0.335 e. The van der Waals surface area contributed by atoms with Crippen molar-refractivity contribution in [3.63, 3.8) is 0 Å². The van der Waals surface area contributed by atoms with Gasteiger partial charge in [0.25, 0.3) is 10.0 Å². The number of rotatable bonds is 4. The first-order valence-electron chi connectivity index (χ1n) is 5.78. The number of hydrogen-bond donors (Lipinski definition) is 2. The minimum Gasteiger partial charge on any atom is -0.478 e. The maximum atomic E-state index is 13.0. The van der Waals surface area contributed by atoms with Gasteiger partial charge in [0.15, 0.2) is 0 Å². The summed E-state index contributed by atoms with van der Waals surface area (Å²) < 4.78 is 39.6. The molecule has 1 aromatic carbocycles. The summed E-state index contributed by atoms with van der Waals surface area (Å²) in [4.78, 5) is 14.5. The Kier molecular flexibility index (Phi) is 3.90. The van der Waals surface area contributed by atoms with E-state index in [0.29, 0.717) is 0 Å². The van der Waals surface area contributed by atoms with Gasteiger partial charge in [-0.1, -0.05) is 0 Å². The molecular weight excluding hydrogens is 299 g/mol. The highest BCUT2D eigenvalue weighted by Crippen LogP contribution is 2.19. The van der Waals surface area contributed by atoms with Crippen LogP contribution in [0, 0.1) is 12.7 Å². The normalized spacial score (nSPS) is 11.1. The quantitative estimate of drug-likeness (QED) is 0.900. The van der Waals surface area contributed by atoms with Gasteiger partial charge in [-0.25, -0.2) is 22.6 Å². The van der Waals surface area contributed by atoms with Gasteiger partial charge in [-0.2, -0.15) is 0 Å². The lowest BCUT2D eigenvalue weighted by Gasteiger charge is -2.10. The average molecular weight is 310 g/mol. The molecule has 1 aromatic heterocycles. The first-order valence-corrected chi connectivity index (χ1v) is 7.26. The molecule has 0 spiro atoms. The number of benzene rings is 1. The molecule has 0 amide bonds. The highest BCUT2D eigenvalue weighted by molar-refractivity contribution is 7.92. The van der Waals surface area contributed by atoms with Crippen molar-refractivity contribution in [1.29, 1.82) is 0 Å². The molecule has 2 rings (SSSR count). The molecule has 0 unspecified atom stereocenters. The van der Waals surface area contributed by atoms with Gasteiger partial charge >= 0.3 is 5.97 Å². The van der Waals surface area contributed by atoms with Crippen LogP contribution < -0.4 is 4.72 Å². The summed E-state index contributed by atoms with van der Waals surface area (Å²) in [6.07, 6.45) is 1.18. The summed E-state index contributed by atoms with van der Waals surface area (Å²) in [5.41, 5.74) is 0.135. The zero-order valence-electron chi connectivity index (χ0n) is 10.9. The molecule has 0 aliphatic carbocycles. The van der Waals surface area contributed by atoms with Crippen LogP contribution in [0.3, 0.4) is 0 Å². The second kappa shape index (κ2) is 5.49. The van der Waals surface area contributed by atoms with E-state index < -0.39 is 21.8 Å². The standard InChI is InChI=1S/C13H11FN2O4S/c1-8-6-10(14)2-3-11(8)21(19,20)16-12-7-9(13(17)18)4-5-15-12/h2-7H,1H3,(H,15,16)(H,17,18). The Bertz CT molecular complexity index is 806. The minimum absolute atomic E-state index is 0.0986. The minimum atomic E-state index is -3.98. The maximum Gasteiger partial charge on any atom is 0.335 e. The number of nitrogens with one attached hydrogen (secondary N) is 1. The molecule has 8 heteroatoms. The fraction of sp³-hybridized carbons (Fsp3) is 0.0769. The largest absolute Gasteiger partial charge is 0.478 e. The number of aromatic carboxylic acids is 1. The number of aromatic nitrogens is 1. The van der Waals surface area contributed by atoms with Gasteiger partial charge in [-0.3, -0.25) is 4.72 Å². The zero-order valence-corrected chi connectivity index (χ0v) is 11.7. The molecular formula is C13H11FN2O4S. The molecule has 0 aliphatic rings. The van der Waals surface area contributed by atoms with Crippen molar-refractivity contribution >= 4 is 21.8 Å². The Labute approximate surface area is 120 Å². The fourth-order valence-corrected chi connectivity index (χ4v) is 2.95. The van der Waals surface area contributed by atoms with Gasteiger partial charge < -0.3 is 5.11 Å². The summed E-state index contributed by atoms with van der Waals surface area (Å²) in [6.45, 7) is 1.46. The van der Waals surface area contributed by atoms with Crippen molar-refractivity contribution in [2.45, 2.75) is 11.8 Å². The number of carboxylic acid groups (broad SMARTS) is 1. The van der Waals surface area contributed by atoms with Crippen LogP contribution in [0.1, 0.15) is 15.9 Å². The SMILES string of the molecule is Cc1cc(F)ccc1S(=O)(=O)Nc1cc(C(=O)O)ccn1. The van der Waals surface area contributed by atoms with Crippen LogP contribution in [-0.2, 0) is 10.0 Å². The van der Waals surface area contributed by atoms with Crippen LogP contribution in [0.2, 0.25) is 0 Å². The van der Waals surface area contributed by atoms with E-state index in [0.717, 1.165) is 24.3 Å². The molecule has 2 aromatic rings. The Morgan fingerprint density at radius 3 is 2.62 bits per heavy atom. The van der Waals surface area contributed by atoms with Gasteiger partial charge in [-0.15, -0.1) is 0 Å². The van der Waals surface area contributed by atoms with Crippen molar-refractivity contribution in [3.05, 3.63) is 53.5 Å². The maximum absolute atomic E-state index is 13.0. The van der Waals surface area contributed by atoms with Gasteiger partial charge in [-0.05, 0) is 42.8 Å². The third-order valence-corrected chi connectivity index (χ3v) is 4.19. The summed E-state index contributed by atoms with van der Waals surface area (Å²) in [5.74, 6) is -1.87. The highest BCUT2D eigenvalue weighted by Gasteiger charge is 2.18. The van der Waals surface area contributed by atoms with Crippen LogP contribution in [0.15, 0.2) is 41.4 Å². The van der Waals surface area contributed by atoms with Gasteiger partial charge in [0.05, 0.1) is 10.5 Å². The fourth-order valence-electron chi connectivity index (χ4n) is 1.73. The zero-order chi connectivity index (χ0) is 15.6. The van der Waals surface area contributed by atoms with Crippen LogP contribution in [0.4, 0.5) is 10.2 Å².